The highest BCUT2D eigenvalue weighted by Gasteiger charge is 2.64. The van der Waals surface area contributed by atoms with E-state index in [9.17, 15) is 18.8 Å². The third-order valence-corrected chi connectivity index (χ3v) is 6.24. The van der Waals surface area contributed by atoms with Gasteiger partial charge in [0.05, 0.1) is 16.6 Å². The van der Waals surface area contributed by atoms with Crippen molar-refractivity contribution in [3.05, 3.63) is 75.4 Å². The molecular formula is C24H21FN2O5. The number of carbonyl (C=O) groups excluding carboxylic acids is 2. The molecule has 32 heavy (non-hydrogen) atoms. The average Bonchev–Trinajstić information content (AvgIpc) is 3.19. The molecule has 5 rings (SSSR count). The summed E-state index contributed by atoms with van der Waals surface area (Å²) in [7, 11) is 1.55. The van der Waals surface area contributed by atoms with E-state index in [0.717, 1.165) is 12.1 Å². The lowest BCUT2D eigenvalue weighted by Crippen LogP contribution is -2.53. The molecule has 3 heterocycles. The zero-order chi connectivity index (χ0) is 22.6. The highest BCUT2D eigenvalue weighted by Crippen LogP contribution is 2.52. The Morgan fingerprint density at radius 3 is 2.66 bits per heavy atom. The highest BCUT2D eigenvalue weighted by molar-refractivity contribution is 6.17. The van der Waals surface area contributed by atoms with Gasteiger partial charge >= 0.3 is 0 Å². The number of halogens is 1. The van der Waals surface area contributed by atoms with E-state index in [-0.39, 0.29) is 28.8 Å². The number of fused-ring (bicyclic) bond motifs is 5. The maximum absolute atomic E-state index is 14.0. The van der Waals surface area contributed by atoms with E-state index in [1.54, 1.807) is 36.3 Å². The second kappa shape index (κ2) is 7.27. The number of amides is 2. The third kappa shape index (κ3) is 2.47. The lowest BCUT2D eigenvalue weighted by molar-refractivity contribution is -0.126. The van der Waals surface area contributed by atoms with Crippen LogP contribution in [0.1, 0.15) is 35.0 Å². The van der Waals surface area contributed by atoms with Gasteiger partial charge in [0, 0.05) is 32.4 Å². The molecule has 1 atom stereocenters. The lowest BCUT2D eigenvalue weighted by Gasteiger charge is -2.34. The summed E-state index contributed by atoms with van der Waals surface area (Å²) in [5, 5.41) is -0.00473. The van der Waals surface area contributed by atoms with Crippen LogP contribution in [0.3, 0.4) is 0 Å². The van der Waals surface area contributed by atoms with Crippen molar-refractivity contribution in [3.63, 3.8) is 0 Å². The summed E-state index contributed by atoms with van der Waals surface area (Å²) in [4.78, 5) is 44.2. The summed E-state index contributed by atoms with van der Waals surface area (Å²) in [6.07, 6.45) is 0.460. The largest absolute Gasteiger partial charge is 0.450 e. The van der Waals surface area contributed by atoms with Crippen molar-refractivity contribution in [2.75, 3.05) is 31.7 Å². The summed E-state index contributed by atoms with van der Waals surface area (Å²) in [5.41, 5.74) is -1.01. The van der Waals surface area contributed by atoms with E-state index < -0.39 is 28.6 Å². The molecule has 0 saturated heterocycles. The standard InChI is InChI=1S/C24H21FN2O5/c1-3-26-17-8-5-4-7-16(17)24(23(26)30)19-20(28)15-13-14(25)9-10-18(15)32-21(19)22(29)27(24)11-6-12-31-2/h4-5,7-10,13H,3,6,11-12H2,1-2H3/t24-/m0/s1. The minimum atomic E-state index is -1.66. The fourth-order valence-electron chi connectivity index (χ4n) is 4.94. The summed E-state index contributed by atoms with van der Waals surface area (Å²) >= 11 is 0. The number of nitrogens with zero attached hydrogens (tertiary/aromatic N) is 2. The fourth-order valence-corrected chi connectivity index (χ4v) is 4.94. The Morgan fingerprint density at radius 2 is 1.91 bits per heavy atom. The summed E-state index contributed by atoms with van der Waals surface area (Å²) in [5.74, 6) is -1.71. The van der Waals surface area contributed by atoms with E-state index in [0.29, 0.717) is 30.8 Å². The van der Waals surface area contributed by atoms with Gasteiger partial charge in [0.1, 0.15) is 11.4 Å². The Balaban J connectivity index is 1.88. The van der Waals surface area contributed by atoms with Crippen molar-refractivity contribution in [2.45, 2.75) is 18.9 Å². The molecule has 0 N–H and O–H groups in total. The third-order valence-electron chi connectivity index (χ3n) is 6.24. The number of anilines is 1. The fraction of sp³-hybridized carbons (Fsp3) is 0.292. The number of para-hydroxylation sites is 1. The first-order chi connectivity index (χ1) is 15.5. The van der Waals surface area contributed by atoms with Crippen molar-refractivity contribution in [1.82, 2.24) is 4.90 Å². The number of hydrogen-bond acceptors (Lipinski definition) is 5. The molecule has 0 unspecified atom stereocenters. The first-order valence-corrected chi connectivity index (χ1v) is 10.5. The normalized spacial score (nSPS) is 19.3. The van der Waals surface area contributed by atoms with Crippen LogP contribution in [0.4, 0.5) is 10.1 Å². The lowest BCUT2D eigenvalue weighted by atomic mass is 9.84. The van der Waals surface area contributed by atoms with E-state index in [1.165, 1.54) is 11.0 Å². The van der Waals surface area contributed by atoms with E-state index >= 15 is 0 Å². The minimum absolute atomic E-state index is 0.00473. The van der Waals surface area contributed by atoms with Crippen molar-refractivity contribution >= 4 is 28.5 Å². The summed E-state index contributed by atoms with van der Waals surface area (Å²) in [6, 6.07) is 10.7. The van der Waals surface area contributed by atoms with Crippen LogP contribution >= 0.6 is 0 Å². The smallest absolute Gasteiger partial charge is 0.291 e. The van der Waals surface area contributed by atoms with Crippen LogP contribution in [-0.2, 0) is 15.1 Å². The molecule has 2 amide bonds. The number of carbonyl (C=O) groups is 2. The molecule has 1 aromatic heterocycles. The average molecular weight is 436 g/mol. The van der Waals surface area contributed by atoms with Gasteiger partial charge in [-0.15, -0.1) is 0 Å². The molecule has 0 bridgehead atoms. The second-order valence-electron chi connectivity index (χ2n) is 7.86. The van der Waals surface area contributed by atoms with Crippen LogP contribution in [0.5, 0.6) is 0 Å². The van der Waals surface area contributed by atoms with Gasteiger partial charge in [0.2, 0.25) is 5.76 Å². The maximum atomic E-state index is 14.0. The van der Waals surface area contributed by atoms with E-state index in [4.69, 9.17) is 9.15 Å². The number of ether oxygens (including phenoxy) is 1. The van der Waals surface area contributed by atoms with E-state index in [1.807, 2.05) is 6.92 Å². The summed E-state index contributed by atoms with van der Waals surface area (Å²) < 4.78 is 25.0. The van der Waals surface area contributed by atoms with Crippen molar-refractivity contribution in [3.8, 4) is 0 Å². The van der Waals surface area contributed by atoms with Gasteiger partial charge in [-0.05, 0) is 37.6 Å². The molecule has 2 aliphatic rings. The van der Waals surface area contributed by atoms with E-state index in [2.05, 4.69) is 0 Å². The second-order valence-corrected chi connectivity index (χ2v) is 7.86. The van der Waals surface area contributed by atoms with Gasteiger partial charge in [-0.25, -0.2) is 4.39 Å². The molecule has 3 aromatic rings. The summed E-state index contributed by atoms with van der Waals surface area (Å²) in [6.45, 7) is 2.75. The Bertz CT molecular complexity index is 1330. The molecule has 0 saturated carbocycles. The van der Waals surface area contributed by atoms with Gasteiger partial charge < -0.3 is 19.0 Å². The molecule has 0 aliphatic carbocycles. The van der Waals surface area contributed by atoms with Crippen LogP contribution in [0.15, 0.2) is 51.7 Å². The van der Waals surface area contributed by atoms with Gasteiger partial charge in [0.25, 0.3) is 11.8 Å². The topological polar surface area (TPSA) is 80.1 Å². The first-order valence-electron chi connectivity index (χ1n) is 10.5. The molecule has 8 heteroatoms. The molecule has 0 fully saturated rings. The van der Waals surface area contributed by atoms with Crippen molar-refractivity contribution in [1.29, 1.82) is 0 Å². The maximum Gasteiger partial charge on any atom is 0.291 e. The molecule has 2 aromatic carbocycles. The zero-order valence-electron chi connectivity index (χ0n) is 17.7. The molecule has 0 radical (unpaired) electrons. The van der Waals surface area contributed by atoms with Crippen LogP contribution in [-0.4, -0.2) is 43.5 Å². The Kier molecular flexibility index (Phi) is 4.63. The van der Waals surface area contributed by atoms with Crippen molar-refractivity contribution < 1.29 is 23.1 Å². The molecule has 1 spiro atoms. The van der Waals surface area contributed by atoms with Gasteiger partial charge in [0.15, 0.2) is 11.0 Å². The predicted octanol–water partition coefficient (Wildman–Crippen LogP) is 3.03. The SMILES string of the molecule is CCN1C(=O)[C@]2(c3ccccc31)c1c(oc3ccc(F)cc3c1=O)C(=O)N2CCCOC. The van der Waals surface area contributed by atoms with Gasteiger partial charge in [-0.1, -0.05) is 18.2 Å². The molecule has 164 valence electrons. The number of benzene rings is 2. The number of methoxy groups -OCH3 is 1. The monoisotopic (exact) mass is 436 g/mol. The predicted molar refractivity (Wildman–Crippen MR) is 115 cm³/mol. The number of rotatable bonds is 5. The van der Waals surface area contributed by atoms with Gasteiger partial charge in [-0.3, -0.25) is 14.4 Å². The molecule has 7 nitrogen and oxygen atoms in total. The van der Waals surface area contributed by atoms with Crippen molar-refractivity contribution in [2.24, 2.45) is 0 Å². The quantitative estimate of drug-likeness (QED) is 0.575. The van der Waals surface area contributed by atoms with Gasteiger partial charge in [-0.2, -0.15) is 0 Å². The van der Waals surface area contributed by atoms with Crippen LogP contribution < -0.4 is 10.3 Å². The molecule has 2 aliphatic heterocycles. The first kappa shape index (κ1) is 20.4. The van der Waals surface area contributed by atoms with Crippen LogP contribution in [0, 0.1) is 5.82 Å². The minimum Gasteiger partial charge on any atom is -0.450 e. The Hall–Kier alpha value is -3.52. The Morgan fingerprint density at radius 1 is 1.12 bits per heavy atom. The zero-order valence-corrected chi connectivity index (χ0v) is 17.7. The van der Waals surface area contributed by atoms with Crippen LogP contribution in [0.2, 0.25) is 0 Å². The Labute approximate surface area is 183 Å². The highest BCUT2D eigenvalue weighted by atomic mass is 19.1. The number of hydrogen-bond donors (Lipinski definition) is 0. The number of likely N-dealkylation sites (N-methyl/N-ethyl adjacent to an activating group) is 1. The molecular weight excluding hydrogens is 415 g/mol. The van der Waals surface area contributed by atoms with Crippen LogP contribution in [0.25, 0.3) is 11.0 Å².